The van der Waals surface area contributed by atoms with Crippen molar-refractivity contribution in [3.63, 3.8) is 0 Å². The highest BCUT2D eigenvalue weighted by Gasteiger charge is 2.31. The molecule has 10 saturated carbocycles. The monoisotopic (exact) mass is 1410 g/mol. The van der Waals surface area contributed by atoms with Crippen LogP contribution in [0.25, 0.3) is 0 Å². The van der Waals surface area contributed by atoms with E-state index in [4.69, 9.17) is 0 Å². The van der Waals surface area contributed by atoms with Crippen LogP contribution in [0.2, 0.25) is 0 Å². The van der Waals surface area contributed by atoms with Gasteiger partial charge in [-0.25, -0.2) is 0 Å². The summed E-state index contributed by atoms with van der Waals surface area (Å²) in [6.45, 7) is 33.1. The van der Waals surface area contributed by atoms with Gasteiger partial charge < -0.3 is 0 Å². The highest BCUT2D eigenvalue weighted by molar-refractivity contribution is 5.26. The van der Waals surface area contributed by atoms with E-state index in [1.54, 1.807) is 55.2 Å². The van der Waals surface area contributed by atoms with Gasteiger partial charge in [-0.1, -0.05) is 338 Å². The average Bonchev–Trinajstić information content (AvgIpc) is 0.898. The molecule has 0 amide bonds. The van der Waals surface area contributed by atoms with Crippen LogP contribution in [0.4, 0.5) is 0 Å². The number of rotatable bonds is 10. The number of aryl methyl sites for hydroxylation is 2. The molecule has 0 spiro atoms. The Balaban J connectivity index is 0.00000125. The third-order valence-corrected chi connectivity index (χ3v) is 30.6. The van der Waals surface area contributed by atoms with Gasteiger partial charge in [0.25, 0.3) is 0 Å². The maximum absolute atomic E-state index is 2.56. The van der Waals surface area contributed by atoms with Crippen LogP contribution in [0.1, 0.15) is 437 Å². The number of hydrogen-bond donors (Lipinski definition) is 0. The summed E-state index contributed by atoms with van der Waals surface area (Å²) in [6, 6.07) is 18.2. The molecule has 2 unspecified atom stereocenters. The van der Waals surface area contributed by atoms with Gasteiger partial charge in [0, 0.05) is 11.4 Å². The van der Waals surface area contributed by atoms with E-state index in [2.05, 4.69) is 170 Å². The molecule has 0 aliphatic heterocycles. The molecule has 0 N–H and O–H groups in total. The minimum Gasteiger partial charge on any atom is -0.0853 e. The zero-order valence-electron chi connectivity index (χ0n) is 70.6. The summed E-state index contributed by atoms with van der Waals surface area (Å²) in [5.41, 5.74) is 9.31. The van der Waals surface area contributed by atoms with Crippen LogP contribution in [0, 0.1) is 132 Å². The van der Waals surface area contributed by atoms with Crippen LogP contribution in [0.3, 0.4) is 0 Å². The molecular formula is C102H188. The third kappa shape index (κ3) is 32.5. The Morgan fingerprint density at radius 1 is 0.255 bits per heavy atom. The lowest BCUT2D eigenvalue weighted by Gasteiger charge is -2.36. The molecule has 12 aliphatic rings. The number of benzene rings is 2. The van der Waals surface area contributed by atoms with E-state index in [1.165, 1.54) is 281 Å². The van der Waals surface area contributed by atoms with Crippen LogP contribution in [0.15, 0.2) is 84.0 Å². The molecule has 0 saturated heterocycles. The van der Waals surface area contributed by atoms with E-state index in [9.17, 15) is 0 Å². The van der Waals surface area contributed by atoms with E-state index in [0.717, 1.165) is 130 Å². The van der Waals surface area contributed by atoms with E-state index >= 15 is 0 Å². The maximum atomic E-state index is 2.56. The molecule has 2 aromatic carbocycles. The maximum Gasteiger partial charge on any atom is 0 e. The molecule has 2 atom stereocenters. The molecule has 0 aromatic heterocycles. The van der Waals surface area contributed by atoms with Gasteiger partial charge in [-0.3, -0.25) is 0 Å². The molecule has 596 valence electrons. The molecule has 0 bridgehead atoms. The lowest BCUT2D eigenvalue weighted by Crippen LogP contribution is -2.24. The third-order valence-electron chi connectivity index (χ3n) is 30.6. The first-order chi connectivity index (χ1) is 49.2. The summed E-state index contributed by atoms with van der Waals surface area (Å²) in [6.07, 6.45) is 80.8. The van der Waals surface area contributed by atoms with Gasteiger partial charge in [-0.15, -0.1) is 0 Å². The van der Waals surface area contributed by atoms with Gasteiger partial charge in [0.15, 0.2) is 0 Å². The van der Waals surface area contributed by atoms with Gasteiger partial charge in [-0.05, 0) is 303 Å². The van der Waals surface area contributed by atoms with Crippen molar-refractivity contribution < 1.29 is 11.4 Å². The summed E-state index contributed by atoms with van der Waals surface area (Å²) in [7, 11) is 0. The zero-order chi connectivity index (χ0) is 72.6. The second kappa shape index (κ2) is 46.9. The van der Waals surface area contributed by atoms with E-state index in [1.807, 2.05) is 5.57 Å². The molecule has 0 heterocycles. The summed E-state index contributed by atoms with van der Waals surface area (Å²) in [5.74, 6) is 21.9. The SMILES string of the molecule is CC1=CCC(C2CCC(C)CC2)CC1.CC1CC=C(C2CCC(C)CC2)CC1.CC1CCC(/C=C/C2CCC(C)CC2)CC1.CC1CCC(C2CCC(C)CC2)CC1.CC1CCC(CCC2CCC(C)CC2)CC1.Cc1ccc(C2CCC(C)CC2)cc1.Cc1ccc(C2CCC(C)CC2)cc1.[HH].[HH].[HH].[HH].[HH].[HH].[HH].[HH]. The van der Waals surface area contributed by atoms with Crippen LogP contribution in [-0.2, 0) is 0 Å². The van der Waals surface area contributed by atoms with Crippen molar-refractivity contribution >= 4 is 0 Å². The molecule has 14 rings (SSSR count). The zero-order valence-corrected chi connectivity index (χ0v) is 70.6. The van der Waals surface area contributed by atoms with Crippen molar-refractivity contribution in [2.24, 2.45) is 118 Å². The fraction of sp³-hybridized carbons (Fsp3) is 0.824. The average molecular weight is 1410 g/mol. The molecule has 10 fully saturated rings. The fourth-order valence-corrected chi connectivity index (χ4v) is 21.5. The smallest absolute Gasteiger partial charge is 0 e. The van der Waals surface area contributed by atoms with Crippen molar-refractivity contribution in [3.05, 3.63) is 106 Å². The minimum absolute atomic E-state index is 0. The summed E-state index contributed by atoms with van der Waals surface area (Å²) < 4.78 is 0. The molecule has 2 aromatic rings. The Hall–Kier alpha value is -2.34. The van der Waals surface area contributed by atoms with Crippen LogP contribution in [-0.4, -0.2) is 0 Å². The number of hydrogen-bond acceptors (Lipinski definition) is 0. The lowest BCUT2D eigenvalue weighted by atomic mass is 9.70. The fourth-order valence-electron chi connectivity index (χ4n) is 21.5. The topological polar surface area (TPSA) is 0 Å². The Morgan fingerprint density at radius 3 is 0.833 bits per heavy atom. The van der Waals surface area contributed by atoms with Crippen molar-refractivity contribution in [1.29, 1.82) is 0 Å². The first kappa shape index (κ1) is 85.3. The molecular weight excluding hydrogens is 1230 g/mol. The first-order valence-electron chi connectivity index (χ1n) is 46.4. The molecule has 12 aliphatic carbocycles. The van der Waals surface area contributed by atoms with Gasteiger partial charge >= 0.3 is 0 Å². The molecule has 0 radical (unpaired) electrons. The van der Waals surface area contributed by atoms with Gasteiger partial charge in [0.1, 0.15) is 0 Å². The lowest BCUT2D eigenvalue weighted by molar-refractivity contribution is 0.155. The molecule has 0 heteroatoms. The second-order valence-corrected chi connectivity index (χ2v) is 40.2. The van der Waals surface area contributed by atoms with Gasteiger partial charge in [0.2, 0.25) is 0 Å². The van der Waals surface area contributed by atoms with Gasteiger partial charge in [-0.2, -0.15) is 0 Å². The predicted molar refractivity (Wildman–Crippen MR) is 470 cm³/mol. The van der Waals surface area contributed by atoms with Gasteiger partial charge in [0.05, 0.1) is 0 Å². The minimum atomic E-state index is 0. The standard InChI is InChI=1S/C16H30.C16H28.C14H26.2C14H24.2C14H20.8H2/c2*1-13-3-7-15(8-4-13)11-12-16-9-5-14(2)6-10-16;5*1-11-3-7-13(8-4-11)14-9-5-12(2)6-10-14;;;;;;;;/h13-16H,3-12H2,1-2H3;11-16H,3-10H2,1-2H3;11-14H,3-10H2,1-2H3;7,11-12,14H,3-6,8-10H2,1-2H3;3,12-14H,4-10H2,1-2H3;2*3-4,7-8,12,14H,5-6,9-10H2,1-2H3;8*1H/b;12-11+;;;;;;;;;;;;;. The van der Waals surface area contributed by atoms with Crippen LogP contribution < -0.4 is 0 Å². The Morgan fingerprint density at radius 2 is 0.539 bits per heavy atom. The normalized spacial score (nSPS) is 37.4. The summed E-state index contributed by atoms with van der Waals surface area (Å²) in [4.78, 5) is 0. The Kier molecular flexibility index (Phi) is 39.2. The van der Waals surface area contributed by atoms with Crippen LogP contribution in [0.5, 0.6) is 0 Å². The first-order valence-corrected chi connectivity index (χ1v) is 46.4. The summed E-state index contributed by atoms with van der Waals surface area (Å²) >= 11 is 0. The molecule has 0 nitrogen and oxygen atoms in total. The van der Waals surface area contributed by atoms with E-state index in [0.29, 0.717) is 0 Å². The predicted octanol–water partition coefficient (Wildman–Crippen LogP) is 34.9. The second-order valence-electron chi connectivity index (χ2n) is 40.2. The van der Waals surface area contributed by atoms with Crippen molar-refractivity contribution in [3.8, 4) is 0 Å². The highest BCUT2D eigenvalue weighted by atomic mass is 14.4. The largest absolute Gasteiger partial charge is 0.0853 e. The highest BCUT2D eigenvalue weighted by Crippen LogP contribution is 2.45. The van der Waals surface area contributed by atoms with E-state index < -0.39 is 0 Å². The van der Waals surface area contributed by atoms with Crippen LogP contribution >= 0.6 is 0 Å². The Bertz CT molecular complexity index is 2420. The summed E-state index contributed by atoms with van der Waals surface area (Å²) in [5, 5.41) is 0. The van der Waals surface area contributed by atoms with E-state index in [-0.39, 0.29) is 11.4 Å². The number of allylic oxidation sites excluding steroid dienone is 6. The quantitative estimate of drug-likeness (QED) is 0.208. The van der Waals surface area contributed by atoms with Crippen molar-refractivity contribution in [2.75, 3.05) is 0 Å². The Labute approximate surface area is 649 Å². The molecule has 102 heavy (non-hydrogen) atoms. The van der Waals surface area contributed by atoms with Crippen molar-refractivity contribution in [2.45, 2.75) is 417 Å². The van der Waals surface area contributed by atoms with Crippen molar-refractivity contribution in [1.82, 2.24) is 0 Å².